The van der Waals surface area contributed by atoms with Crippen molar-refractivity contribution in [2.75, 3.05) is 13.1 Å². The van der Waals surface area contributed by atoms with Gasteiger partial charge in [0.1, 0.15) is 5.83 Å². The SMILES string of the molecule is Cl.O=C(O)C1=C(F)CNCC1. The fourth-order valence-electron chi connectivity index (χ4n) is 0.877. The monoisotopic (exact) mass is 181 g/mol. The Labute approximate surface area is 69.7 Å². The maximum Gasteiger partial charge on any atom is 0.334 e. The van der Waals surface area contributed by atoms with Crippen LogP contribution in [0.5, 0.6) is 0 Å². The molecular weight excluding hydrogens is 173 g/mol. The molecule has 0 atom stereocenters. The van der Waals surface area contributed by atoms with E-state index in [0.717, 1.165) is 0 Å². The highest BCUT2D eigenvalue weighted by atomic mass is 35.5. The molecule has 11 heavy (non-hydrogen) atoms. The number of halogens is 2. The van der Waals surface area contributed by atoms with Gasteiger partial charge in [-0.15, -0.1) is 12.4 Å². The molecule has 0 fully saturated rings. The first-order chi connectivity index (χ1) is 4.72. The van der Waals surface area contributed by atoms with Crippen LogP contribution in [0.1, 0.15) is 6.42 Å². The lowest BCUT2D eigenvalue weighted by molar-refractivity contribution is -0.133. The van der Waals surface area contributed by atoms with E-state index in [1.165, 1.54) is 0 Å². The molecule has 0 aromatic heterocycles. The van der Waals surface area contributed by atoms with E-state index in [1.807, 2.05) is 0 Å². The fraction of sp³-hybridized carbons (Fsp3) is 0.500. The first kappa shape index (κ1) is 10.4. The molecular formula is C6H9ClFNO2. The molecule has 1 heterocycles. The molecule has 1 rings (SSSR count). The Kier molecular flexibility index (Phi) is 4.07. The molecule has 0 bridgehead atoms. The molecule has 0 saturated heterocycles. The standard InChI is InChI=1S/C6H8FNO2.ClH/c7-5-3-8-2-1-4(5)6(9)10;/h8H,1-3H2,(H,9,10);1H. The number of nitrogens with one attached hydrogen (secondary N) is 1. The summed E-state index contributed by atoms with van der Waals surface area (Å²) in [5, 5.41) is 11.1. The van der Waals surface area contributed by atoms with Crippen molar-refractivity contribution in [3.8, 4) is 0 Å². The van der Waals surface area contributed by atoms with Crippen LogP contribution in [0, 0.1) is 0 Å². The molecule has 1 aliphatic rings. The van der Waals surface area contributed by atoms with Gasteiger partial charge in [0, 0.05) is 6.54 Å². The van der Waals surface area contributed by atoms with Gasteiger partial charge in [0.2, 0.25) is 0 Å². The Bertz CT molecular complexity index is 193. The first-order valence-electron chi connectivity index (χ1n) is 3.03. The Hall–Kier alpha value is -0.610. The van der Waals surface area contributed by atoms with Crippen LogP contribution in [0.15, 0.2) is 11.4 Å². The predicted octanol–water partition coefficient (Wildman–Crippen LogP) is 0.710. The van der Waals surface area contributed by atoms with E-state index in [1.54, 1.807) is 0 Å². The van der Waals surface area contributed by atoms with E-state index in [2.05, 4.69) is 5.32 Å². The van der Waals surface area contributed by atoms with Crippen LogP contribution in [0.4, 0.5) is 4.39 Å². The molecule has 1 aliphatic heterocycles. The van der Waals surface area contributed by atoms with Crippen molar-refractivity contribution in [1.82, 2.24) is 5.32 Å². The Morgan fingerprint density at radius 1 is 1.64 bits per heavy atom. The second kappa shape index (κ2) is 4.31. The van der Waals surface area contributed by atoms with Gasteiger partial charge in [0.25, 0.3) is 0 Å². The van der Waals surface area contributed by atoms with Crippen LogP contribution in [0.3, 0.4) is 0 Å². The molecule has 0 aromatic rings. The molecule has 0 spiro atoms. The van der Waals surface area contributed by atoms with Crippen molar-refractivity contribution in [2.45, 2.75) is 6.42 Å². The van der Waals surface area contributed by atoms with Crippen molar-refractivity contribution in [3.05, 3.63) is 11.4 Å². The van der Waals surface area contributed by atoms with Crippen molar-refractivity contribution in [2.24, 2.45) is 0 Å². The van der Waals surface area contributed by atoms with Crippen LogP contribution in [-0.2, 0) is 4.79 Å². The molecule has 0 unspecified atom stereocenters. The molecule has 2 N–H and O–H groups in total. The third-order valence-corrected chi connectivity index (χ3v) is 1.42. The Morgan fingerprint density at radius 2 is 2.27 bits per heavy atom. The van der Waals surface area contributed by atoms with Gasteiger partial charge in [-0.2, -0.15) is 0 Å². The zero-order valence-electron chi connectivity index (χ0n) is 5.76. The van der Waals surface area contributed by atoms with Gasteiger partial charge < -0.3 is 10.4 Å². The molecule has 3 nitrogen and oxygen atoms in total. The number of carboxylic acids is 1. The largest absolute Gasteiger partial charge is 0.478 e. The quantitative estimate of drug-likeness (QED) is 0.627. The lowest BCUT2D eigenvalue weighted by Crippen LogP contribution is -2.26. The van der Waals surface area contributed by atoms with Gasteiger partial charge in [-0.05, 0) is 13.0 Å². The molecule has 64 valence electrons. The lowest BCUT2D eigenvalue weighted by atomic mass is 10.1. The van der Waals surface area contributed by atoms with Crippen LogP contribution in [0.2, 0.25) is 0 Å². The zero-order chi connectivity index (χ0) is 7.56. The van der Waals surface area contributed by atoms with E-state index in [0.29, 0.717) is 6.54 Å². The van der Waals surface area contributed by atoms with E-state index in [9.17, 15) is 9.18 Å². The molecule has 5 heteroatoms. The summed E-state index contributed by atoms with van der Waals surface area (Å²) in [6.07, 6.45) is 0.279. The normalized spacial score (nSPS) is 17.5. The summed E-state index contributed by atoms with van der Waals surface area (Å²) in [4.78, 5) is 10.2. The van der Waals surface area contributed by atoms with Gasteiger partial charge in [-0.1, -0.05) is 0 Å². The van der Waals surface area contributed by atoms with Crippen molar-refractivity contribution >= 4 is 18.4 Å². The minimum absolute atomic E-state index is 0. The van der Waals surface area contributed by atoms with Crippen molar-refractivity contribution < 1.29 is 14.3 Å². The van der Waals surface area contributed by atoms with Gasteiger partial charge in [0.15, 0.2) is 0 Å². The van der Waals surface area contributed by atoms with Gasteiger partial charge in [-0.25, -0.2) is 9.18 Å². The highest BCUT2D eigenvalue weighted by molar-refractivity contribution is 5.87. The smallest absolute Gasteiger partial charge is 0.334 e. The summed E-state index contributed by atoms with van der Waals surface area (Å²) in [6, 6.07) is 0. The van der Waals surface area contributed by atoms with E-state index < -0.39 is 11.8 Å². The second-order valence-corrected chi connectivity index (χ2v) is 2.12. The molecule has 0 amide bonds. The summed E-state index contributed by atoms with van der Waals surface area (Å²) >= 11 is 0. The lowest BCUT2D eigenvalue weighted by Gasteiger charge is -2.11. The van der Waals surface area contributed by atoms with Crippen LogP contribution < -0.4 is 5.32 Å². The van der Waals surface area contributed by atoms with E-state index >= 15 is 0 Å². The van der Waals surface area contributed by atoms with E-state index in [-0.39, 0.29) is 30.9 Å². The van der Waals surface area contributed by atoms with Crippen LogP contribution >= 0.6 is 12.4 Å². The average molecular weight is 182 g/mol. The summed E-state index contributed by atoms with van der Waals surface area (Å²) in [5.74, 6) is -1.68. The Morgan fingerprint density at radius 3 is 2.64 bits per heavy atom. The number of carboxylic acid groups (broad SMARTS) is 1. The van der Waals surface area contributed by atoms with Gasteiger partial charge in [-0.3, -0.25) is 0 Å². The first-order valence-corrected chi connectivity index (χ1v) is 3.03. The maximum atomic E-state index is 12.5. The highest BCUT2D eigenvalue weighted by Gasteiger charge is 2.17. The van der Waals surface area contributed by atoms with Gasteiger partial charge in [0.05, 0.1) is 5.57 Å². The number of hydrogen-bond acceptors (Lipinski definition) is 2. The minimum Gasteiger partial charge on any atom is -0.478 e. The third kappa shape index (κ3) is 2.48. The van der Waals surface area contributed by atoms with Crippen molar-refractivity contribution in [3.63, 3.8) is 0 Å². The van der Waals surface area contributed by atoms with Crippen molar-refractivity contribution in [1.29, 1.82) is 0 Å². The summed E-state index contributed by atoms with van der Waals surface area (Å²) in [7, 11) is 0. The summed E-state index contributed by atoms with van der Waals surface area (Å²) < 4.78 is 12.5. The number of aliphatic carboxylic acids is 1. The average Bonchev–Trinajstić information content (AvgIpc) is 1.88. The summed E-state index contributed by atoms with van der Waals surface area (Å²) in [6.45, 7) is 0.608. The van der Waals surface area contributed by atoms with Gasteiger partial charge >= 0.3 is 5.97 Å². The number of hydrogen-bond donors (Lipinski definition) is 2. The Balaban J connectivity index is 0.000001000. The highest BCUT2D eigenvalue weighted by Crippen LogP contribution is 2.12. The molecule has 0 aliphatic carbocycles. The molecule has 0 aromatic carbocycles. The van der Waals surface area contributed by atoms with E-state index in [4.69, 9.17) is 5.11 Å². The number of rotatable bonds is 1. The predicted molar refractivity (Wildman–Crippen MR) is 40.5 cm³/mol. The molecule has 0 saturated carbocycles. The third-order valence-electron chi connectivity index (χ3n) is 1.42. The minimum atomic E-state index is -1.14. The van der Waals surface area contributed by atoms with Crippen LogP contribution in [0.25, 0.3) is 0 Å². The van der Waals surface area contributed by atoms with Crippen LogP contribution in [-0.4, -0.2) is 24.2 Å². The molecule has 0 radical (unpaired) electrons. The number of carbonyl (C=O) groups is 1. The maximum absolute atomic E-state index is 12.5. The zero-order valence-corrected chi connectivity index (χ0v) is 6.58. The summed E-state index contributed by atoms with van der Waals surface area (Å²) in [5.41, 5.74) is -0.0845. The fourth-order valence-corrected chi connectivity index (χ4v) is 0.877. The topological polar surface area (TPSA) is 49.3 Å². The second-order valence-electron chi connectivity index (χ2n) is 2.12.